The number of likely N-dealkylation sites (tertiary alicyclic amines) is 1. The van der Waals surface area contributed by atoms with E-state index in [2.05, 4.69) is 4.90 Å². The number of carbonyl (C=O) groups is 1. The van der Waals surface area contributed by atoms with E-state index < -0.39 is 12.0 Å². The average molecular weight is 521 g/mol. The molecule has 2 aliphatic heterocycles. The molecule has 2 saturated heterocycles. The Morgan fingerprint density at radius 2 is 1.80 bits per heavy atom. The number of morpholine rings is 1. The topological polar surface area (TPSA) is 53.0 Å². The molecule has 188 valence electrons. The van der Waals surface area contributed by atoms with Crippen molar-refractivity contribution in [1.29, 1.82) is 0 Å². The van der Waals surface area contributed by atoms with Gasteiger partial charge in [-0.15, -0.1) is 0 Å². The van der Waals surface area contributed by atoms with E-state index in [1.807, 2.05) is 23.1 Å². The zero-order chi connectivity index (χ0) is 24.5. The van der Waals surface area contributed by atoms with Crippen LogP contribution in [0.1, 0.15) is 53.9 Å². The van der Waals surface area contributed by atoms with Gasteiger partial charge in [0.25, 0.3) is 0 Å². The molecule has 5 rings (SSSR count). The zero-order valence-electron chi connectivity index (χ0n) is 19.7. The highest BCUT2D eigenvalue weighted by Gasteiger charge is 2.33. The van der Waals surface area contributed by atoms with Gasteiger partial charge in [-0.05, 0) is 85.5 Å². The predicted octanol–water partition coefficient (Wildman–Crippen LogP) is 5.50. The number of ether oxygens (including phenoxy) is 1. The Balaban J connectivity index is 1.28. The highest BCUT2D eigenvalue weighted by molar-refractivity contribution is 6.34. The highest BCUT2D eigenvalue weighted by Crippen LogP contribution is 2.43. The zero-order valence-corrected chi connectivity index (χ0v) is 21.2. The monoisotopic (exact) mass is 520 g/mol. The standard InChI is InChI=1S/C27H31Cl2FN2O3/c28-21-8-17(9-22(29)13-21)10-23-16-31(6-7-35-23)14-19-12-25(30)20(11-24(19)18-3-4-18)15-32-5-1-2-26(32)27(33)34/h8-9,11-13,18,23,26H,1-7,10,14-16H2,(H,33,34)/t23-,26+/m1/s1. The maximum absolute atomic E-state index is 15.2. The first-order valence-corrected chi connectivity index (χ1v) is 13.2. The first kappa shape index (κ1) is 25.0. The lowest BCUT2D eigenvalue weighted by molar-refractivity contribution is -0.142. The third-order valence-electron chi connectivity index (χ3n) is 7.35. The number of carboxylic acids is 1. The van der Waals surface area contributed by atoms with E-state index in [0.29, 0.717) is 54.2 Å². The van der Waals surface area contributed by atoms with Gasteiger partial charge in [-0.25, -0.2) is 4.39 Å². The largest absolute Gasteiger partial charge is 0.480 e. The van der Waals surface area contributed by atoms with Gasteiger partial charge in [0.1, 0.15) is 11.9 Å². The summed E-state index contributed by atoms with van der Waals surface area (Å²) in [5.41, 5.74) is 3.92. The van der Waals surface area contributed by atoms with Crippen LogP contribution in [0, 0.1) is 5.82 Å². The Kier molecular flexibility index (Phi) is 7.66. The van der Waals surface area contributed by atoms with Crippen LogP contribution in [0.3, 0.4) is 0 Å². The molecule has 2 atom stereocenters. The molecule has 3 aliphatic rings. The number of nitrogens with zero attached hydrogens (tertiary/aromatic N) is 2. The number of carboxylic acid groups (broad SMARTS) is 1. The van der Waals surface area contributed by atoms with E-state index in [1.165, 1.54) is 5.56 Å². The second-order valence-corrected chi connectivity index (χ2v) is 11.0. The molecule has 8 heteroatoms. The lowest BCUT2D eigenvalue weighted by Gasteiger charge is -2.33. The van der Waals surface area contributed by atoms with Gasteiger partial charge in [0.05, 0.1) is 12.7 Å². The van der Waals surface area contributed by atoms with Gasteiger partial charge in [-0.1, -0.05) is 29.3 Å². The minimum Gasteiger partial charge on any atom is -0.480 e. The molecule has 0 radical (unpaired) electrons. The summed E-state index contributed by atoms with van der Waals surface area (Å²) in [6.45, 7) is 3.92. The molecule has 0 aromatic heterocycles. The maximum atomic E-state index is 15.2. The lowest BCUT2D eigenvalue weighted by Crippen LogP contribution is -2.43. The van der Waals surface area contributed by atoms with Crippen molar-refractivity contribution in [3.8, 4) is 0 Å². The van der Waals surface area contributed by atoms with E-state index in [0.717, 1.165) is 49.9 Å². The molecule has 0 bridgehead atoms. The van der Waals surface area contributed by atoms with Crippen LogP contribution in [0.4, 0.5) is 4.39 Å². The van der Waals surface area contributed by atoms with E-state index in [4.69, 9.17) is 27.9 Å². The number of halogens is 3. The van der Waals surface area contributed by atoms with Crippen LogP contribution in [-0.4, -0.2) is 59.3 Å². The van der Waals surface area contributed by atoms with E-state index in [-0.39, 0.29) is 11.9 Å². The van der Waals surface area contributed by atoms with Crippen LogP contribution in [0.15, 0.2) is 30.3 Å². The fourth-order valence-electron chi connectivity index (χ4n) is 5.50. The van der Waals surface area contributed by atoms with Crippen molar-refractivity contribution in [3.05, 3.63) is 68.4 Å². The molecule has 1 N–H and O–H groups in total. The van der Waals surface area contributed by atoms with E-state index in [9.17, 15) is 9.90 Å². The third-order valence-corrected chi connectivity index (χ3v) is 7.79. The van der Waals surface area contributed by atoms with Crippen molar-refractivity contribution in [3.63, 3.8) is 0 Å². The van der Waals surface area contributed by atoms with Gasteiger partial charge < -0.3 is 9.84 Å². The number of hydrogen-bond donors (Lipinski definition) is 1. The summed E-state index contributed by atoms with van der Waals surface area (Å²) in [7, 11) is 0. The fourth-order valence-corrected chi connectivity index (χ4v) is 6.08. The summed E-state index contributed by atoms with van der Waals surface area (Å²) in [6, 6.07) is 8.75. The summed E-state index contributed by atoms with van der Waals surface area (Å²) in [6.07, 6.45) is 4.47. The number of aliphatic carboxylic acids is 1. The van der Waals surface area contributed by atoms with Crippen LogP contribution < -0.4 is 0 Å². The molecule has 0 amide bonds. The Morgan fingerprint density at radius 1 is 1.03 bits per heavy atom. The molecule has 2 aromatic rings. The lowest BCUT2D eigenvalue weighted by atomic mass is 9.98. The van der Waals surface area contributed by atoms with Gasteiger partial charge in [-0.2, -0.15) is 0 Å². The molecule has 2 heterocycles. The molecule has 0 spiro atoms. The Bertz CT molecular complexity index is 1070. The van der Waals surface area contributed by atoms with Gasteiger partial charge >= 0.3 is 5.97 Å². The Morgan fingerprint density at radius 3 is 2.51 bits per heavy atom. The van der Waals surface area contributed by atoms with E-state index >= 15 is 4.39 Å². The molecule has 0 unspecified atom stereocenters. The van der Waals surface area contributed by atoms with E-state index in [1.54, 1.807) is 12.1 Å². The summed E-state index contributed by atoms with van der Waals surface area (Å²) < 4.78 is 21.3. The van der Waals surface area contributed by atoms with Crippen molar-refractivity contribution in [2.75, 3.05) is 26.2 Å². The summed E-state index contributed by atoms with van der Waals surface area (Å²) in [5.74, 6) is -0.577. The number of rotatable bonds is 8. The van der Waals surface area contributed by atoms with Crippen LogP contribution in [-0.2, 0) is 29.0 Å². The minimum atomic E-state index is -0.816. The predicted molar refractivity (Wildman–Crippen MR) is 135 cm³/mol. The highest BCUT2D eigenvalue weighted by atomic mass is 35.5. The molecule has 35 heavy (non-hydrogen) atoms. The summed E-state index contributed by atoms with van der Waals surface area (Å²) in [5, 5.41) is 10.7. The molecule has 5 nitrogen and oxygen atoms in total. The number of hydrogen-bond acceptors (Lipinski definition) is 4. The van der Waals surface area contributed by atoms with Crippen LogP contribution in [0.25, 0.3) is 0 Å². The fraction of sp³-hybridized carbons (Fsp3) is 0.519. The molecule has 3 fully saturated rings. The molecule has 2 aromatic carbocycles. The van der Waals surface area contributed by atoms with Crippen molar-refractivity contribution in [1.82, 2.24) is 9.80 Å². The van der Waals surface area contributed by atoms with Crippen LogP contribution >= 0.6 is 23.2 Å². The molecular formula is C27H31Cl2FN2O3. The average Bonchev–Trinajstić information content (AvgIpc) is 3.52. The number of benzene rings is 2. The van der Waals surface area contributed by atoms with Crippen LogP contribution in [0.2, 0.25) is 10.0 Å². The second-order valence-electron chi connectivity index (χ2n) is 10.1. The SMILES string of the molecule is O=C(O)[C@@H]1CCCN1Cc1cc(C2CC2)c(CN2CCO[C@H](Cc3cc(Cl)cc(Cl)c3)C2)cc1F. The quantitative estimate of drug-likeness (QED) is 0.497. The Labute approximate surface area is 215 Å². The second kappa shape index (κ2) is 10.7. The minimum absolute atomic E-state index is 0.0231. The van der Waals surface area contributed by atoms with Crippen molar-refractivity contribution in [2.24, 2.45) is 0 Å². The van der Waals surface area contributed by atoms with Crippen molar-refractivity contribution in [2.45, 2.75) is 63.3 Å². The summed E-state index contributed by atoms with van der Waals surface area (Å²) in [4.78, 5) is 15.8. The third kappa shape index (κ3) is 6.17. The molecular weight excluding hydrogens is 490 g/mol. The van der Waals surface area contributed by atoms with Gasteiger partial charge in [0, 0.05) is 41.8 Å². The summed E-state index contributed by atoms with van der Waals surface area (Å²) >= 11 is 12.3. The van der Waals surface area contributed by atoms with Crippen LogP contribution in [0.5, 0.6) is 0 Å². The van der Waals surface area contributed by atoms with Gasteiger partial charge in [0.2, 0.25) is 0 Å². The Hall–Kier alpha value is -1.70. The maximum Gasteiger partial charge on any atom is 0.320 e. The normalized spacial score (nSPS) is 23.6. The van der Waals surface area contributed by atoms with Crippen molar-refractivity contribution < 1.29 is 19.0 Å². The first-order valence-electron chi connectivity index (χ1n) is 12.4. The molecule has 1 aliphatic carbocycles. The van der Waals surface area contributed by atoms with Gasteiger partial charge in [-0.3, -0.25) is 14.6 Å². The van der Waals surface area contributed by atoms with Gasteiger partial charge in [0.15, 0.2) is 0 Å². The van der Waals surface area contributed by atoms with Crippen molar-refractivity contribution >= 4 is 29.2 Å². The smallest absolute Gasteiger partial charge is 0.320 e. The first-order chi connectivity index (χ1) is 16.9. The molecule has 1 saturated carbocycles.